The second kappa shape index (κ2) is 2.97. The third-order valence-corrected chi connectivity index (χ3v) is 7.92. The van der Waals surface area contributed by atoms with Crippen molar-refractivity contribution in [1.29, 1.82) is 0 Å². The second-order valence-corrected chi connectivity index (χ2v) is 8.18. The number of rotatable bonds is 2. The Morgan fingerprint density at radius 3 is 1.67 bits per heavy atom. The van der Waals surface area contributed by atoms with Crippen LogP contribution in [0.1, 0.15) is 38.5 Å². The van der Waals surface area contributed by atoms with Crippen LogP contribution >= 0.6 is 0 Å². The fraction of sp³-hybridized carbons (Fsp3) is 0.778. The van der Waals surface area contributed by atoms with Gasteiger partial charge in [0, 0.05) is 0 Å². The molecule has 7 aliphatic rings. The summed E-state index contributed by atoms with van der Waals surface area (Å²) in [7, 11) is 0. The Morgan fingerprint density at radius 1 is 0.833 bits per heavy atom. The van der Waals surface area contributed by atoms with Crippen molar-refractivity contribution in [2.75, 3.05) is 0 Å². The molecule has 0 nitrogen and oxygen atoms in total. The van der Waals surface area contributed by atoms with E-state index in [1.165, 1.54) is 24.8 Å². The summed E-state index contributed by atoms with van der Waals surface area (Å²) in [6, 6.07) is 0. The van der Waals surface area contributed by atoms with Crippen LogP contribution in [0.25, 0.3) is 0 Å². The maximum Gasteiger partial charge on any atom is -0.00445 e. The van der Waals surface area contributed by atoms with Crippen molar-refractivity contribution in [2.24, 2.45) is 46.8 Å². The summed E-state index contributed by atoms with van der Waals surface area (Å²) in [6.45, 7) is 8.40. The molecule has 7 aliphatic carbocycles. The first-order valence-electron chi connectivity index (χ1n) is 8.04. The molecule has 0 aliphatic heterocycles. The average Bonchev–Trinajstić information content (AvgIpc) is 2.42. The van der Waals surface area contributed by atoms with E-state index in [1.54, 1.807) is 19.3 Å². The highest BCUT2D eigenvalue weighted by molar-refractivity contribution is 5.29. The molecular formula is C18H24. The molecule has 7 rings (SSSR count). The van der Waals surface area contributed by atoms with Gasteiger partial charge in [-0.2, -0.15) is 0 Å². The molecule has 18 heavy (non-hydrogen) atoms. The van der Waals surface area contributed by atoms with Gasteiger partial charge in [0.2, 0.25) is 0 Å². The molecular weight excluding hydrogens is 216 g/mol. The van der Waals surface area contributed by atoms with E-state index in [4.69, 9.17) is 0 Å². The van der Waals surface area contributed by atoms with Crippen molar-refractivity contribution in [3.63, 3.8) is 0 Å². The number of allylic oxidation sites excluding steroid dienone is 2. The van der Waals surface area contributed by atoms with Gasteiger partial charge in [0.1, 0.15) is 0 Å². The molecule has 8 bridgehead atoms. The summed E-state index contributed by atoms with van der Waals surface area (Å²) in [5.41, 5.74) is 1.88. The van der Waals surface area contributed by atoms with Gasteiger partial charge in [-0.05, 0) is 90.9 Å². The van der Waals surface area contributed by atoms with E-state index < -0.39 is 0 Å². The van der Waals surface area contributed by atoms with Crippen LogP contribution in [0.2, 0.25) is 0 Å². The van der Waals surface area contributed by atoms with Crippen LogP contribution in [0.15, 0.2) is 24.8 Å². The second-order valence-electron chi connectivity index (χ2n) is 8.18. The van der Waals surface area contributed by atoms with Crippen molar-refractivity contribution < 1.29 is 0 Å². The highest BCUT2D eigenvalue weighted by atomic mass is 14.7. The van der Waals surface area contributed by atoms with Gasteiger partial charge in [-0.3, -0.25) is 0 Å². The summed E-state index contributed by atoms with van der Waals surface area (Å²) >= 11 is 0. The normalized spacial score (nSPS) is 62.3. The smallest absolute Gasteiger partial charge is 0.00445 e. The van der Waals surface area contributed by atoms with Gasteiger partial charge in [0.15, 0.2) is 0 Å². The predicted molar refractivity (Wildman–Crippen MR) is 73.9 cm³/mol. The van der Waals surface area contributed by atoms with E-state index in [-0.39, 0.29) is 0 Å². The van der Waals surface area contributed by atoms with E-state index in [9.17, 15) is 0 Å². The standard InChI is InChI=1S/C18H24/c1-3-10(2)18-7-15-12-4-11-5-13(15)17(9-18)14(6-11)16(12)8-18/h3,11-17H,1-2,4-9H2. The molecule has 0 unspecified atom stereocenters. The molecule has 0 saturated heterocycles. The summed E-state index contributed by atoms with van der Waals surface area (Å²) in [4.78, 5) is 0. The van der Waals surface area contributed by atoms with Crippen molar-refractivity contribution in [3.05, 3.63) is 24.8 Å². The third-order valence-electron chi connectivity index (χ3n) is 7.92. The molecule has 0 aromatic heterocycles. The van der Waals surface area contributed by atoms with E-state index in [0.717, 1.165) is 41.4 Å². The van der Waals surface area contributed by atoms with Gasteiger partial charge in [-0.15, -0.1) is 0 Å². The van der Waals surface area contributed by atoms with Crippen molar-refractivity contribution in [3.8, 4) is 0 Å². The lowest BCUT2D eigenvalue weighted by Gasteiger charge is -2.72. The van der Waals surface area contributed by atoms with Gasteiger partial charge in [0.05, 0.1) is 0 Å². The van der Waals surface area contributed by atoms with Gasteiger partial charge >= 0.3 is 0 Å². The molecule has 0 atom stereocenters. The molecule has 0 heteroatoms. The highest BCUT2D eigenvalue weighted by Gasteiger charge is 2.67. The molecule has 0 heterocycles. The molecule has 0 radical (unpaired) electrons. The van der Waals surface area contributed by atoms with Gasteiger partial charge in [0.25, 0.3) is 0 Å². The third kappa shape index (κ3) is 0.949. The molecule has 0 amide bonds. The first-order chi connectivity index (χ1) is 8.72. The van der Waals surface area contributed by atoms with Crippen molar-refractivity contribution in [1.82, 2.24) is 0 Å². The van der Waals surface area contributed by atoms with Crippen LogP contribution in [0, 0.1) is 46.8 Å². The Kier molecular flexibility index (Phi) is 1.70. The van der Waals surface area contributed by atoms with E-state index in [0.29, 0.717) is 5.41 Å². The van der Waals surface area contributed by atoms with Crippen molar-refractivity contribution in [2.45, 2.75) is 38.5 Å². The molecule has 0 spiro atoms. The van der Waals surface area contributed by atoms with E-state index in [1.807, 2.05) is 0 Å². The molecule has 96 valence electrons. The largest absolute Gasteiger partial charge is 0.0988 e. The molecule has 0 N–H and O–H groups in total. The SMILES string of the molecule is C=CC(=C)C12CC3C4CC5CC3C(C1)C(C5)C4C2. The van der Waals surface area contributed by atoms with Gasteiger partial charge < -0.3 is 0 Å². The van der Waals surface area contributed by atoms with Gasteiger partial charge in [-0.25, -0.2) is 0 Å². The van der Waals surface area contributed by atoms with Crippen molar-refractivity contribution >= 4 is 0 Å². The lowest BCUT2D eigenvalue weighted by Crippen LogP contribution is -2.65. The lowest BCUT2D eigenvalue weighted by atomic mass is 9.32. The Bertz CT molecular complexity index is 383. The molecule has 7 fully saturated rings. The van der Waals surface area contributed by atoms with Crippen LogP contribution in [0.5, 0.6) is 0 Å². The minimum Gasteiger partial charge on any atom is -0.0988 e. The molecule has 0 aromatic carbocycles. The van der Waals surface area contributed by atoms with Gasteiger partial charge in [-0.1, -0.05) is 19.2 Å². The predicted octanol–water partition coefficient (Wildman–Crippen LogP) is 4.44. The Hall–Kier alpha value is -0.520. The zero-order valence-electron chi connectivity index (χ0n) is 11.3. The van der Waals surface area contributed by atoms with Crippen LogP contribution in [-0.2, 0) is 0 Å². The molecule has 7 saturated carbocycles. The summed E-state index contributed by atoms with van der Waals surface area (Å²) < 4.78 is 0. The lowest BCUT2D eigenvalue weighted by molar-refractivity contribution is -0.222. The minimum atomic E-state index is 0.495. The minimum absolute atomic E-state index is 0.495. The van der Waals surface area contributed by atoms with Crippen LogP contribution < -0.4 is 0 Å². The summed E-state index contributed by atoms with van der Waals surface area (Å²) in [5.74, 6) is 7.72. The number of hydrogen-bond donors (Lipinski definition) is 0. The molecule has 0 aromatic rings. The van der Waals surface area contributed by atoms with Crippen LogP contribution in [-0.4, -0.2) is 0 Å². The highest BCUT2D eigenvalue weighted by Crippen LogP contribution is 2.75. The van der Waals surface area contributed by atoms with Crippen LogP contribution in [0.4, 0.5) is 0 Å². The maximum absolute atomic E-state index is 4.38. The number of hydrogen-bond acceptors (Lipinski definition) is 0. The van der Waals surface area contributed by atoms with Crippen LogP contribution in [0.3, 0.4) is 0 Å². The zero-order chi connectivity index (χ0) is 12.1. The zero-order valence-corrected chi connectivity index (χ0v) is 11.3. The van der Waals surface area contributed by atoms with E-state index >= 15 is 0 Å². The summed E-state index contributed by atoms with van der Waals surface area (Å²) in [5, 5.41) is 0. The topological polar surface area (TPSA) is 0 Å². The fourth-order valence-electron chi connectivity index (χ4n) is 7.52. The summed E-state index contributed by atoms with van der Waals surface area (Å²) in [6.07, 6.45) is 11.3. The quantitative estimate of drug-likeness (QED) is 0.626. The Labute approximate surface area is 111 Å². The Balaban J connectivity index is 1.62. The first kappa shape index (κ1) is 10.3. The first-order valence-corrected chi connectivity index (χ1v) is 8.04. The van der Waals surface area contributed by atoms with E-state index in [2.05, 4.69) is 19.2 Å². The average molecular weight is 240 g/mol. The maximum atomic E-state index is 4.38. The monoisotopic (exact) mass is 240 g/mol. The fourth-order valence-corrected chi connectivity index (χ4v) is 7.52. The Morgan fingerprint density at radius 2 is 1.28 bits per heavy atom.